The van der Waals surface area contributed by atoms with Crippen molar-refractivity contribution in [2.24, 2.45) is 0 Å². The number of aromatic nitrogens is 1. The van der Waals surface area contributed by atoms with E-state index in [4.69, 9.17) is 0 Å². The fourth-order valence-corrected chi connectivity index (χ4v) is 3.03. The van der Waals surface area contributed by atoms with Crippen LogP contribution in [0.2, 0.25) is 0 Å². The minimum atomic E-state index is -0.0817. The van der Waals surface area contributed by atoms with Crippen molar-refractivity contribution in [3.05, 3.63) is 101 Å². The van der Waals surface area contributed by atoms with Crippen LogP contribution in [0.25, 0.3) is 0 Å². The zero-order valence-corrected chi connectivity index (χ0v) is 13.2. The smallest absolute Gasteiger partial charge is 0.0415 e. The second kappa shape index (κ2) is 6.15. The van der Waals surface area contributed by atoms with E-state index in [1.165, 1.54) is 16.7 Å². The van der Waals surface area contributed by atoms with E-state index < -0.39 is 0 Å². The van der Waals surface area contributed by atoms with Gasteiger partial charge in [-0.15, -0.1) is 0 Å². The van der Waals surface area contributed by atoms with Crippen LogP contribution in [-0.4, -0.2) is 4.98 Å². The molecule has 3 rings (SSSR count). The summed E-state index contributed by atoms with van der Waals surface area (Å²) in [5.74, 6) is 0. The summed E-state index contributed by atoms with van der Waals surface area (Å²) >= 11 is 0. The van der Waals surface area contributed by atoms with Gasteiger partial charge >= 0.3 is 0 Å². The lowest BCUT2D eigenvalue weighted by Gasteiger charge is -2.31. The van der Waals surface area contributed by atoms with Gasteiger partial charge in [0.25, 0.3) is 0 Å². The van der Waals surface area contributed by atoms with Gasteiger partial charge < -0.3 is 0 Å². The van der Waals surface area contributed by atoms with E-state index in [9.17, 15) is 0 Å². The maximum absolute atomic E-state index is 4.54. The highest BCUT2D eigenvalue weighted by atomic mass is 14.7. The van der Waals surface area contributed by atoms with Gasteiger partial charge in [0.1, 0.15) is 0 Å². The Bertz CT molecular complexity index is 734. The molecule has 1 nitrogen and oxygen atoms in total. The third-order valence-electron chi connectivity index (χ3n) is 4.33. The Morgan fingerprint density at radius 3 is 2.23 bits per heavy atom. The first kappa shape index (κ1) is 14.5. The lowest BCUT2D eigenvalue weighted by Crippen LogP contribution is -2.27. The van der Waals surface area contributed by atoms with Crippen LogP contribution in [0.4, 0.5) is 0 Å². The van der Waals surface area contributed by atoms with Gasteiger partial charge in [-0.3, -0.25) is 4.98 Å². The lowest BCUT2D eigenvalue weighted by atomic mass is 9.72. The van der Waals surface area contributed by atoms with E-state index in [0.29, 0.717) is 0 Å². The average Bonchev–Trinajstić information content (AvgIpc) is 2.56. The Labute approximate surface area is 132 Å². The number of rotatable bonds is 4. The SMILES string of the molecule is Cc1cccc(C(C)(Cc2ccccn2)c2ccccc2)c1. The van der Waals surface area contributed by atoms with E-state index in [2.05, 4.69) is 85.6 Å². The van der Waals surface area contributed by atoms with Crippen molar-refractivity contribution in [3.8, 4) is 0 Å². The molecule has 22 heavy (non-hydrogen) atoms. The first-order valence-electron chi connectivity index (χ1n) is 7.71. The molecule has 0 N–H and O–H groups in total. The summed E-state index contributed by atoms with van der Waals surface area (Å²) in [6.07, 6.45) is 2.76. The van der Waals surface area contributed by atoms with E-state index in [1.807, 2.05) is 12.3 Å². The first-order chi connectivity index (χ1) is 10.7. The zero-order chi connectivity index (χ0) is 15.4. The number of hydrogen-bond donors (Lipinski definition) is 0. The van der Waals surface area contributed by atoms with Crippen molar-refractivity contribution in [1.82, 2.24) is 4.98 Å². The van der Waals surface area contributed by atoms with Crippen LogP contribution in [0.15, 0.2) is 79.0 Å². The zero-order valence-electron chi connectivity index (χ0n) is 13.2. The minimum absolute atomic E-state index is 0.0817. The molecule has 0 saturated carbocycles. The van der Waals surface area contributed by atoms with Crippen molar-refractivity contribution in [2.45, 2.75) is 25.7 Å². The van der Waals surface area contributed by atoms with Crippen LogP contribution in [0, 0.1) is 6.92 Å². The Hall–Kier alpha value is -2.41. The normalized spacial score (nSPS) is 13.5. The fourth-order valence-electron chi connectivity index (χ4n) is 3.03. The van der Waals surface area contributed by atoms with Crippen molar-refractivity contribution >= 4 is 0 Å². The van der Waals surface area contributed by atoms with Crippen LogP contribution in [0.5, 0.6) is 0 Å². The molecule has 0 aliphatic rings. The summed E-state index contributed by atoms with van der Waals surface area (Å²) in [6.45, 7) is 4.46. The Kier molecular flexibility index (Phi) is 4.06. The van der Waals surface area contributed by atoms with Gasteiger partial charge in [0.15, 0.2) is 0 Å². The molecule has 1 heteroatoms. The van der Waals surface area contributed by atoms with Crippen LogP contribution in [0.1, 0.15) is 29.3 Å². The van der Waals surface area contributed by atoms with Crippen molar-refractivity contribution in [2.75, 3.05) is 0 Å². The van der Waals surface area contributed by atoms with Gasteiger partial charge in [-0.1, -0.05) is 73.2 Å². The number of benzene rings is 2. The molecule has 3 aromatic rings. The highest BCUT2D eigenvalue weighted by Gasteiger charge is 2.29. The largest absolute Gasteiger partial charge is 0.261 e. The molecule has 1 unspecified atom stereocenters. The number of pyridine rings is 1. The highest BCUT2D eigenvalue weighted by molar-refractivity contribution is 5.41. The summed E-state index contributed by atoms with van der Waals surface area (Å²) in [4.78, 5) is 4.54. The molecule has 0 aliphatic carbocycles. The second-order valence-electron chi connectivity index (χ2n) is 6.07. The molecule has 1 atom stereocenters. The standard InChI is InChI=1S/C21H21N/c1-17-9-8-12-19(15-17)21(2,18-10-4-3-5-11-18)16-20-13-6-7-14-22-20/h3-15H,16H2,1-2H3. The monoisotopic (exact) mass is 287 g/mol. The molecule has 0 saturated heterocycles. The van der Waals surface area contributed by atoms with Crippen LogP contribution < -0.4 is 0 Å². The summed E-state index contributed by atoms with van der Waals surface area (Å²) < 4.78 is 0. The molecule has 0 aliphatic heterocycles. The van der Waals surface area contributed by atoms with Gasteiger partial charge in [-0.2, -0.15) is 0 Å². The van der Waals surface area contributed by atoms with Gasteiger partial charge in [-0.05, 0) is 30.2 Å². The number of hydrogen-bond acceptors (Lipinski definition) is 1. The predicted molar refractivity (Wildman–Crippen MR) is 92.0 cm³/mol. The second-order valence-corrected chi connectivity index (χ2v) is 6.07. The lowest BCUT2D eigenvalue weighted by molar-refractivity contribution is 0.558. The summed E-state index contributed by atoms with van der Waals surface area (Å²) in [6, 6.07) is 25.7. The van der Waals surface area contributed by atoms with Crippen molar-refractivity contribution in [1.29, 1.82) is 0 Å². The molecular formula is C21H21N. The maximum atomic E-state index is 4.54. The van der Waals surface area contributed by atoms with E-state index in [-0.39, 0.29) is 5.41 Å². The van der Waals surface area contributed by atoms with E-state index >= 15 is 0 Å². The molecule has 0 radical (unpaired) electrons. The molecule has 0 bridgehead atoms. The van der Waals surface area contributed by atoms with Gasteiger partial charge in [-0.25, -0.2) is 0 Å². The molecule has 2 aromatic carbocycles. The molecule has 1 aromatic heterocycles. The molecule has 0 amide bonds. The topological polar surface area (TPSA) is 12.9 Å². The number of aryl methyl sites for hydroxylation is 1. The summed E-state index contributed by atoms with van der Waals surface area (Å²) in [5.41, 5.74) is 4.99. The van der Waals surface area contributed by atoms with Crippen molar-refractivity contribution < 1.29 is 0 Å². The molecular weight excluding hydrogens is 266 g/mol. The summed E-state index contributed by atoms with van der Waals surface area (Å²) in [5, 5.41) is 0. The van der Waals surface area contributed by atoms with Crippen LogP contribution >= 0.6 is 0 Å². The summed E-state index contributed by atoms with van der Waals surface area (Å²) in [7, 11) is 0. The van der Waals surface area contributed by atoms with Gasteiger partial charge in [0.2, 0.25) is 0 Å². The third-order valence-corrected chi connectivity index (χ3v) is 4.33. The molecule has 110 valence electrons. The highest BCUT2D eigenvalue weighted by Crippen LogP contribution is 2.35. The van der Waals surface area contributed by atoms with E-state index in [0.717, 1.165) is 12.1 Å². The molecule has 0 spiro atoms. The van der Waals surface area contributed by atoms with Gasteiger partial charge in [0.05, 0.1) is 0 Å². The fraction of sp³-hybridized carbons (Fsp3) is 0.190. The Morgan fingerprint density at radius 1 is 0.818 bits per heavy atom. The number of nitrogens with zero attached hydrogens (tertiary/aromatic N) is 1. The quantitative estimate of drug-likeness (QED) is 0.662. The molecule has 0 fully saturated rings. The molecule has 1 heterocycles. The predicted octanol–water partition coefficient (Wildman–Crippen LogP) is 4.94. The third kappa shape index (κ3) is 2.94. The average molecular weight is 287 g/mol. The van der Waals surface area contributed by atoms with Crippen molar-refractivity contribution in [3.63, 3.8) is 0 Å². The van der Waals surface area contributed by atoms with Crippen LogP contribution in [-0.2, 0) is 11.8 Å². The first-order valence-corrected chi connectivity index (χ1v) is 7.71. The van der Waals surface area contributed by atoms with Gasteiger partial charge in [0, 0.05) is 23.7 Å². The van der Waals surface area contributed by atoms with E-state index in [1.54, 1.807) is 0 Å². The Balaban J connectivity index is 2.10. The van der Waals surface area contributed by atoms with Crippen LogP contribution in [0.3, 0.4) is 0 Å². The minimum Gasteiger partial charge on any atom is -0.261 e. The Morgan fingerprint density at radius 2 is 1.55 bits per heavy atom. The maximum Gasteiger partial charge on any atom is 0.0415 e.